The number of aryl methyl sites for hydroxylation is 2. The number of nitroso groups, excluding NO2 is 1. The quantitative estimate of drug-likeness (QED) is 0.291. The van der Waals surface area contributed by atoms with Gasteiger partial charge in [0.1, 0.15) is 0 Å². The molecule has 0 aliphatic carbocycles. The van der Waals surface area contributed by atoms with Crippen LogP contribution in [0.5, 0.6) is 0 Å². The van der Waals surface area contributed by atoms with Crippen molar-refractivity contribution in [1.29, 1.82) is 0 Å². The summed E-state index contributed by atoms with van der Waals surface area (Å²) in [4.78, 5) is 38.2. The molecule has 0 amide bonds. The molecular formula is C25H23NO3. The van der Waals surface area contributed by atoms with Crippen molar-refractivity contribution in [2.24, 2.45) is 11.1 Å². The first-order chi connectivity index (χ1) is 14.0. The van der Waals surface area contributed by atoms with Gasteiger partial charge < -0.3 is 0 Å². The van der Waals surface area contributed by atoms with Gasteiger partial charge in [-0.3, -0.25) is 9.59 Å². The number of carbonyl (C=O) groups is 2. The van der Waals surface area contributed by atoms with E-state index >= 15 is 0 Å². The van der Waals surface area contributed by atoms with E-state index in [4.69, 9.17) is 0 Å². The molecule has 0 saturated carbocycles. The molecule has 3 rings (SSSR count). The summed E-state index contributed by atoms with van der Waals surface area (Å²) in [5.41, 5.74) is 3.70. The smallest absolute Gasteiger partial charge is 0.174 e. The zero-order valence-corrected chi connectivity index (χ0v) is 16.5. The van der Waals surface area contributed by atoms with Crippen LogP contribution in [-0.4, -0.2) is 18.1 Å². The van der Waals surface area contributed by atoms with Gasteiger partial charge in [-0.1, -0.05) is 95.2 Å². The molecule has 0 aliphatic rings. The van der Waals surface area contributed by atoms with E-state index in [9.17, 15) is 14.5 Å². The highest BCUT2D eigenvalue weighted by Crippen LogP contribution is 2.31. The second-order valence-corrected chi connectivity index (χ2v) is 7.27. The predicted octanol–water partition coefficient (Wildman–Crippen LogP) is 5.54. The second-order valence-electron chi connectivity index (χ2n) is 7.27. The summed E-state index contributed by atoms with van der Waals surface area (Å²) in [5, 5.41) is 3.06. The summed E-state index contributed by atoms with van der Waals surface area (Å²) in [7, 11) is 0. The van der Waals surface area contributed by atoms with E-state index in [1.807, 2.05) is 68.4 Å². The van der Waals surface area contributed by atoms with Gasteiger partial charge in [-0.05, 0) is 19.4 Å². The highest BCUT2D eigenvalue weighted by atomic mass is 16.3. The highest BCUT2D eigenvalue weighted by Gasteiger charge is 2.37. The number of rotatable bonds is 8. The van der Waals surface area contributed by atoms with Crippen molar-refractivity contribution in [2.75, 3.05) is 6.54 Å². The molecule has 0 fully saturated rings. The van der Waals surface area contributed by atoms with Crippen LogP contribution in [0.1, 0.15) is 43.3 Å². The molecule has 0 aromatic heterocycles. The molecule has 29 heavy (non-hydrogen) atoms. The van der Waals surface area contributed by atoms with Crippen LogP contribution >= 0.6 is 0 Å². The number of carbonyl (C=O) groups excluding carboxylic acids is 2. The number of benzene rings is 3. The number of nitrogens with zero attached hydrogens (tertiary/aromatic N) is 1. The summed E-state index contributed by atoms with van der Waals surface area (Å²) in [6.45, 7) is 3.72. The fourth-order valence-electron chi connectivity index (χ4n) is 3.46. The Balaban J connectivity index is 2.09. The van der Waals surface area contributed by atoms with Crippen LogP contribution < -0.4 is 0 Å². The Kier molecular flexibility index (Phi) is 6.45. The molecule has 0 radical (unpaired) electrons. The number of hydrogen-bond donors (Lipinski definition) is 0. The zero-order chi connectivity index (χ0) is 20.8. The van der Waals surface area contributed by atoms with Gasteiger partial charge in [-0.2, -0.15) is 4.91 Å². The van der Waals surface area contributed by atoms with Crippen LogP contribution in [0.2, 0.25) is 0 Å². The van der Waals surface area contributed by atoms with Gasteiger partial charge in [-0.15, -0.1) is 0 Å². The van der Waals surface area contributed by atoms with Gasteiger partial charge >= 0.3 is 0 Å². The van der Waals surface area contributed by atoms with Crippen LogP contribution in [0.4, 0.5) is 0 Å². The molecule has 1 atom stereocenters. The first-order valence-electron chi connectivity index (χ1n) is 9.57. The van der Waals surface area contributed by atoms with Crippen LogP contribution in [0.3, 0.4) is 0 Å². The first kappa shape index (κ1) is 20.3. The predicted molar refractivity (Wildman–Crippen MR) is 114 cm³/mol. The topological polar surface area (TPSA) is 63.6 Å². The maximum absolute atomic E-state index is 13.5. The Labute approximate surface area is 170 Å². The molecule has 0 heterocycles. The monoisotopic (exact) mass is 385 g/mol. The number of ketones is 2. The maximum Gasteiger partial charge on any atom is 0.174 e. The van der Waals surface area contributed by atoms with Crippen LogP contribution in [0.15, 0.2) is 84.0 Å². The standard InChI is InChI=1S/C25H23NO3/c1-17-8-12-20(13-9-17)24(27)23(25(28)21-14-10-18(2)11-15-21)22(16-26-29)19-6-4-3-5-7-19/h3-15,22-23H,16H2,1-2H3/t22-/m1/s1. The minimum atomic E-state index is -1.03. The Bertz CT molecular complexity index is 935. The molecule has 4 nitrogen and oxygen atoms in total. The Morgan fingerprint density at radius 2 is 1.17 bits per heavy atom. The van der Waals surface area contributed by atoms with Gasteiger partial charge in [0.2, 0.25) is 0 Å². The lowest BCUT2D eigenvalue weighted by Crippen LogP contribution is -2.32. The van der Waals surface area contributed by atoms with E-state index in [0.29, 0.717) is 11.1 Å². The van der Waals surface area contributed by atoms with Gasteiger partial charge in [-0.25, -0.2) is 0 Å². The lowest BCUT2D eigenvalue weighted by Gasteiger charge is -2.24. The molecule has 4 heteroatoms. The summed E-state index contributed by atoms with van der Waals surface area (Å²) < 4.78 is 0. The van der Waals surface area contributed by atoms with Gasteiger partial charge in [0.25, 0.3) is 0 Å². The van der Waals surface area contributed by atoms with Crippen molar-refractivity contribution in [1.82, 2.24) is 0 Å². The van der Waals surface area contributed by atoms with Gasteiger partial charge in [0, 0.05) is 17.0 Å². The molecular weight excluding hydrogens is 362 g/mol. The van der Waals surface area contributed by atoms with E-state index in [1.54, 1.807) is 24.3 Å². The van der Waals surface area contributed by atoms with Crippen LogP contribution in [0, 0.1) is 24.7 Å². The largest absolute Gasteiger partial charge is 0.293 e. The van der Waals surface area contributed by atoms with Crippen molar-refractivity contribution in [3.05, 3.63) is 112 Å². The average molecular weight is 385 g/mol. The van der Waals surface area contributed by atoms with E-state index in [0.717, 1.165) is 16.7 Å². The summed E-state index contributed by atoms with van der Waals surface area (Å²) in [5.74, 6) is -2.25. The normalized spacial score (nSPS) is 11.8. The molecule has 0 N–H and O–H groups in total. The molecule has 0 unspecified atom stereocenters. The summed E-state index contributed by atoms with van der Waals surface area (Å²) >= 11 is 0. The van der Waals surface area contributed by atoms with Crippen molar-refractivity contribution in [2.45, 2.75) is 19.8 Å². The van der Waals surface area contributed by atoms with Gasteiger partial charge in [0.15, 0.2) is 11.6 Å². The second kappa shape index (κ2) is 9.20. The van der Waals surface area contributed by atoms with Crippen molar-refractivity contribution in [3.63, 3.8) is 0 Å². The fraction of sp³-hybridized carbons (Fsp3) is 0.200. The third kappa shape index (κ3) is 4.72. The highest BCUT2D eigenvalue weighted by molar-refractivity contribution is 6.16. The van der Waals surface area contributed by atoms with Crippen molar-refractivity contribution >= 4 is 11.6 Å². The summed E-state index contributed by atoms with van der Waals surface area (Å²) in [6, 6.07) is 23.4. The lowest BCUT2D eigenvalue weighted by atomic mass is 9.77. The molecule has 0 bridgehead atoms. The third-order valence-corrected chi connectivity index (χ3v) is 5.14. The zero-order valence-electron chi connectivity index (χ0n) is 16.5. The van der Waals surface area contributed by atoms with E-state index in [1.165, 1.54) is 0 Å². The van der Waals surface area contributed by atoms with Crippen molar-refractivity contribution in [3.8, 4) is 0 Å². The Morgan fingerprint density at radius 3 is 1.59 bits per heavy atom. The minimum Gasteiger partial charge on any atom is -0.293 e. The van der Waals surface area contributed by atoms with Crippen molar-refractivity contribution < 1.29 is 9.59 Å². The Morgan fingerprint density at radius 1 is 0.724 bits per heavy atom. The molecule has 3 aromatic rings. The number of Topliss-reactive ketones (excluding diaryl/α,β-unsaturated/α-hetero) is 2. The first-order valence-corrected chi connectivity index (χ1v) is 9.57. The Hall–Kier alpha value is -3.40. The lowest BCUT2D eigenvalue weighted by molar-refractivity contribution is 0.0784. The molecule has 0 aliphatic heterocycles. The third-order valence-electron chi connectivity index (χ3n) is 5.14. The summed E-state index contributed by atoms with van der Waals surface area (Å²) in [6.07, 6.45) is 0. The van der Waals surface area contributed by atoms with Gasteiger partial charge in [0.05, 0.1) is 12.5 Å². The molecule has 0 spiro atoms. The fourth-order valence-corrected chi connectivity index (χ4v) is 3.46. The molecule has 146 valence electrons. The molecule has 3 aromatic carbocycles. The minimum absolute atomic E-state index is 0.149. The van der Waals surface area contributed by atoms with E-state index in [2.05, 4.69) is 5.18 Å². The van der Waals surface area contributed by atoms with Crippen LogP contribution in [-0.2, 0) is 0 Å². The SMILES string of the molecule is Cc1ccc(C(=O)C(C(=O)c2ccc(C)cc2)[C@H](CN=O)c2ccccc2)cc1. The average Bonchev–Trinajstić information content (AvgIpc) is 2.74. The van der Waals surface area contributed by atoms with E-state index < -0.39 is 11.8 Å². The molecule has 0 saturated heterocycles. The maximum atomic E-state index is 13.5. The number of hydrogen-bond acceptors (Lipinski definition) is 4. The van der Waals surface area contributed by atoms with Crippen LogP contribution in [0.25, 0.3) is 0 Å². The van der Waals surface area contributed by atoms with E-state index in [-0.39, 0.29) is 18.1 Å².